The van der Waals surface area contributed by atoms with E-state index in [9.17, 15) is 0 Å². The Bertz CT molecular complexity index is 789. The number of benzene rings is 2. The molecule has 0 saturated heterocycles. The van der Waals surface area contributed by atoms with Crippen molar-refractivity contribution in [2.75, 3.05) is 5.32 Å². The zero-order valence-corrected chi connectivity index (χ0v) is 13.4. The summed E-state index contributed by atoms with van der Waals surface area (Å²) in [4.78, 5) is 7.78. The first-order valence-corrected chi connectivity index (χ1v) is 7.58. The molecule has 0 radical (unpaired) electrons. The quantitative estimate of drug-likeness (QED) is 0.646. The number of hydrogen-bond donors (Lipinski definition) is 3. The molecule has 0 saturated carbocycles. The number of rotatable bonds is 3. The van der Waals surface area contributed by atoms with E-state index >= 15 is 0 Å². The Morgan fingerprint density at radius 1 is 1.14 bits per heavy atom. The number of hydrogen-bond acceptors (Lipinski definition) is 2. The van der Waals surface area contributed by atoms with Crippen molar-refractivity contribution in [3.8, 4) is 0 Å². The van der Waals surface area contributed by atoms with Gasteiger partial charge >= 0.3 is 0 Å². The zero-order valence-electron chi connectivity index (χ0n) is 12.6. The molecule has 0 unspecified atom stereocenters. The third-order valence-corrected chi connectivity index (χ3v) is 3.87. The van der Waals surface area contributed by atoms with Gasteiger partial charge < -0.3 is 15.6 Å². The number of anilines is 1. The fourth-order valence-corrected chi connectivity index (χ4v) is 2.44. The predicted molar refractivity (Wildman–Crippen MR) is 95.1 cm³/mol. The number of thiocarbonyl (C=S) groups is 1. The third-order valence-electron chi connectivity index (χ3n) is 3.62. The Kier molecular flexibility index (Phi) is 4.06. The zero-order chi connectivity index (χ0) is 15.5. The van der Waals surface area contributed by atoms with Gasteiger partial charge in [0.2, 0.25) is 0 Å². The fraction of sp³-hybridized carbons (Fsp3) is 0.176. The van der Waals surface area contributed by atoms with Gasteiger partial charge in [0, 0.05) is 5.69 Å². The van der Waals surface area contributed by atoms with Crippen molar-refractivity contribution < 1.29 is 0 Å². The first-order valence-electron chi connectivity index (χ1n) is 7.17. The highest BCUT2D eigenvalue weighted by molar-refractivity contribution is 7.80. The van der Waals surface area contributed by atoms with Gasteiger partial charge in [-0.2, -0.15) is 0 Å². The van der Waals surface area contributed by atoms with Crippen LogP contribution in [0.4, 0.5) is 5.69 Å². The van der Waals surface area contributed by atoms with E-state index in [0.29, 0.717) is 11.7 Å². The molecule has 1 aromatic heterocycles. The van der Waals surface area contributed by atoms with E-state index in [1.54, 1.807) is 0 Å². The van der Waals surface area contributed by atoms with Gasteiger partial charge in [-0.1, -0.05) is 18.2 Å². The molecule has 3 rings (SSSR count). The number of imidazole rings is 1. The fourth-order valence-electron chi connectivity index (χ4n) is 2.25. The van der Waals surface area contributed by atoms with Crippen LogP contribution >= 0.6 is 12.2 Å². The number of aromatic nitrogens is 2. The largest absolute Gasteiger partial charge is 0.355 e. The minimum atomic E-state index is 0.561. The first kappa shape index (κ1) is 14.5. The highest BCUT2D eigenvalue weighted by Crippen LogP contribution is 2.14. The lowest BCUT2D eigenvalue weighted by atomic mass is 10.1. The topological polar surface area (TPSA) is 52.7 Å². The van der Waals surface area contributed by atoms with Crippen LogP contribution in [0.15, 0.2) is 42.5 Å². The number of nitrogens with zero attached hydrogens (tertiary/aromatic N) is 1. The summed E-state index contributed by atoms with van der Waals surface area (Å²) in [6.07, 6.45) is 0. The maximum atomic E-state index is 5.33. The molecule has 0 fully saturated rings. The van der Waals surface area contributed by atoms with Crippen LogP contribution in [-0.4, -0.2) is 15.1 Å². The van der Waals surface area contributed by atoms with Gasteiger partial charge in [-0.15, -0.1) is 0 Å². The van der Waals surface area contributed by atoms with E-state index in [0.717, 1.165) is 22.5 Å². The molecule has 0 bridgehead atoms. The lowest BCUT2D eigenvalue weighted by Crippen LogP contribution is -2.28. The average Bonchev–Trinajstić information content (AvgIpc) is 2.92. The molecule has 3 N–H and O–H groups in total. The van der Waals surface area contributed by atoms with Gasteiger partial charge in [0.25, 0.3) is 0 Å². The van der Waals surface area contributed by atoms with Gasteiger partial charge in [0.15, 0.2) is 5.11 Å². The molecule has 0 atom stereocenters. The number of para-hydroxylation sites is 2. The second-order valence-corrected chi connectivity index (χ2v) is 5.72. The van der Waals surface area contributed by atoms with Gasteiger partial charge in [0.05, 0.1) is 17.6 Å². The Balaban J connectivity index is 1.60. The smallest absolute Gasteiger partial charge is 0.171 e. The van der Waals surface area contributed by atoms with Crippen LogP contribution in [0.25, 0.3) is 11.0 Å². The van der Waals surface area contributed by atoms with Crippen LogP contribution in [-0.2, 0) is 6.54 Å². The molecule has 0 aliphatic carbocycles. The summed E-state index contributed by atoms with van der Waals surface area (Å²) in [5.41, 5.74) is 5.50. The Labute approximate surface area is 135 Å². The average molecular weight is 310 g/mol. The molecule has 4 nitrogen and oxygen atoms in total. The number of aryl methyl sites for hydroxylation is 2. The van der Waals surface area contributed by atoms with Crippen molar-refractivity contribution >= 4 is 34.1 Å². The lowest BCUT2D eigenvalue weighted by Gasteiger charge is -2.11. The van der Waals surface area contributed by atoms with E-state index in [2.05, 4.69) is 46.6 Å². The second-order valence-electron chi connectivity index (χ2n) is 5.31. The summed E-state index contributed by atoms with van der Waals surface area (Å²) in [5.74, 6) is 0.866. The first-order chi connectivity index (χ1) is 10.6. The molecule has 112 valence electrons. The van der Waals surface area contributed by atoms with E-state index in [1.807, 2.05) is 30.3 Å². The molecular formula is C17H18N4S. The molecule has 2 aromatic carbocycles. The number of fused-ring (bicyclic) bond motifs is 1. The lowest BCUT2D eigenvalue weighted by molar-refractivity contribution is 0.859. The van der Waals surface area contributed by atoms with Gasteiger partial charge in [-0.05, 0) is 61.5 Å². The van der Waals surface area contributed by atoms with Crippen molar-refractivity contribution in [3.05, 3.63) is 59.4 Å². The molecule has 5 heteroatoms. The molecule has 3 aromatic rings. The Morgan fingerprint density at radius 2 is 1.95 bits per heavy atom. The van der Waals surface area contributed by atoms with Crippen LogP contribution in [0.3, 0.4) is 0 Å². The SMILES string of the molecule is Cc1ccc(NC(=S)NCc2nc3ccccc3[nH]2)cc1C. The highest BCUT2D eigenvalue weighted by Gasteiger charge is 2.03. The van der Waals surface area contributed by atoms with Crippen molar-refractivity contribution in [2.45, 2.75) is 20.4 Å². The second kappa shape index (κ2) is 6.15. The highest BCUT2D eigenvalue weighted by atomic mass is 32.1. The normalized spacial score (nSPS) is 10.6. The third kappa shape index (κ3) is 3.26. The summed E-state index contributed by atoms with van der Waals surface area (Å²) < 4.78 is 0. The molecule has 1 heterocycles. The standard InChI is InChI=1S/C17H18N4S/c1-11-7-8-13(9-12(11)2)19-17(22)18-10-16-20-14-5-3-4-6-15(14)21-16/h3-9H,10H2,1-2H3,(H,20,21)(H2,18,19,22). The minimum Gasteiger partial charge on any atom is -0.355 e. The molecule has 0 spiro atoms. The van der Waals surface area contributed by atoms with E-state index in [4.69, 9.17) is 12.2 Å². The van der Waals surface area contributed by atoms with Crippen LogP contribution in [0.1, 0.15) is 17.0 Å². The Morgan fingerprint density at radius 3 is 2.73 bits per heavy atom. The van der Waals surface area contributed by atoms with Crippen molar-refractivity contribution in [1.29, 1.82) is 0 Å². The van der Waals surface area contributed by atoms with Gasteiger partial charge in [-0.25, -0.2) is 4.98 Å². The summed E-state index contributed by atoms with van der Waals surface area (Å²) in [5, 5.41) is 6.95. The van der Waals surface area contributed by atoms with Crippen LogP contribution in [0, 0.1) is 13.8 Å². The Hall–Kier alpha value is -2.40. The van der Waals surface area contributed by atoms with Crippen LogP contribution in [0.2, 0.25) is 0 Å². The van der Waals surface area contributed by atoms with Gasteiger partial charge in [-0.3, -0.25) is 0 Å². The predicted octanol–water partition coefficient (Wildman–Crippen LogP) is 3.67. The van der Waals surface area contributed by atoms with E-state index in [1.165, 1.54) is 11.1 Å². The molecular weight excluding hydrogens is 292 g/mol. The number of nitrogens with one attached hydrogen (secondary N) is 3. The summed E-state index contributed by atoms with van der Waals surface area (Å²) in [6, 6.07) is 14.2. The molecule has 0 aliphatic rings. The van der Waals surface area contributed by atoms with Crippen molar-refractivity contribution in [2.24, 2.45) is 0 Å². The number of aromatic amines is 1. The van der Waals surface area contributed by atoms with Crippen LogP contribution < -0.4 is 10.6 Å². The van der Waals surface area contributed by atoms with Gasteiger partial charge in [0.1, 0.15) is 5.82 Å². The minimum absolute atomic E-state index is 0.561. The monoisotopic (exact) mass is 310 g/mol. The summed E-state index contributed by atoms with van der Waals surface area (Å²) in [7, 11) is 0. The van der Waals surface area contributed by atoms with Crippen molar-refractivity contribution in [1.82, 2.24) is 15.3 Å². The molecule has 0 amide bonds. The van der Waals surface area contributed by atoms with E-state index in [-0.39, 0.29) is 0 Å². The van der Waals surface area contributed by atoms with Crippen molar-refractivity contribution in [3.63, 3.8) is 0 Å². The van der Waals surface area contributed by atoms with Crippen LogP contribution in [0.5, 0.6) is 0 Å². The summed E-state index contributed by atoms with van der Waals surface area (Å²) >= 11 is 5.33. The molecule has 0 aliphatic heterocycles. The molecule has 22 heavy (non-hydrogen) atoms. The summed E-state index contributed by atoms with van der Waals surface area (Å²) in [6.45, 7) is 4.74. The maximum absolute atomic E-state index is 5.33. The number of H-pyrrole nitrogens is 1. The maximum Gasteiger partial charge on any atom is 0.171 e. The van der Waals surface area contributed by atoms with E-state index < -0.39 is 0 Å².